The highest BCUT2D eigenvalue weighted by Gasteiger charge is 2.19. The van der Waals surface area contributed by atoms with E-state index in [1.807, 2.05) is 50.4 Å². The minimum Gasteiger partial charge on any atom is -0.322 e. The van der Waals surface area contributed by atoms with Crippen LogP contribution < -0.4 is 5.32 Å². The number of nitrogens with zero attached hydrogens (tertiary/aromatic N) is 3. The van der Waals surface area contributed by atoms with Gasteiger partial charge in [0.25, 0.3) is 5.91 Å². The first-order chi connectivity index (χ1) is 13.0. The number of nitrogens with one attached hydrogen (secondary N) is 1. The maximum Gasteiger partial charge on any atom is 0.256 e. The molecule has 0 aliphatic heterocycles. The molecule has 0 saturated heterocycles. The molecule has 1 N–H and O–H groups in total. The second kappa shape index (κ2) is 6.85. The number of pyridine rings is 1. The van der Waals surface area contributed by atoms with Crippen LogP contribution in [0.1, 0.15) is 16.1 Å². The van der Waals surface area contributed by atoms with E-state index in [9.17, 15) is 4.79 Å². The van der Waals surface area contributed by atoms with Crippen molar-refractivity contribution in [1.29, 1.82) is 0 Å². The lowest BCUT2D eigenvalue weighted by atomic mass is 10.0. The first-order valence-electron chi connectivity index (χ1n) is 8.49. The Hall–Kier alpha value is -3.18. The summed E-state index contributed by atoms with van der Waals surface area (Å²) in [6.45, 7) is 1.88. The van der Waals surface area contributed by atoms with Crippen molar-refractivity contribution in [1.82, 2.24) is 14.8 Å². The van der Waals surface area contributed by atoms with Crippen molar-refractivity contribution < 1.29 is 4.79 Å². The van der Waals surface area contributed by atoms with Gasteiger partial charge >= 0.3 is 0 Å². The smallest absolute Gasteiger partial charge is 0.256 e. The molecule has 27 heavy (non-hydrogen) atoms. The number of aryl methyl sites for hydroxylation is 2. The topological polar surface area (TPSA) is 59.8 Å². The molecule has 0 unspecified atom stereocenters. The van der Waals surface area contributed by atoms with Gasteiger partial charge in [0.05, 0.1) is 22.3 Å². The maximum absolute atomic E-state index is 13.1. The Labute approximate surface area is 161 Å². The average molecular weight is 377 g/mol. The molecule has 4 rings (SSSR count). The van der Waals surface area contributed by atoms with E-state index in [0.29, 0.717) is 21.9 Å². The molecule has 6 heteroatoms. The largest absolute Gasteiger partial charge is 0.322 e. The zero-order valence-electron chi connectivity index (χ0n) is 14.9. The van der Waals surface area contributed by atoms with E-state index >= 15 is 0 Å². The Balaban J connectivity index is 1.86. The molecule has 0 aliphatic carbocycles. The predicted octanol–water partition coefficient (Wildman–Crippen LogP) is 4.85. The van der Waals surface area contributed by atoms with E-state index in [-0.39, 0.29) is 5.91 Å². The number of hydrogen-bond acceptors (Lipinski definition) is 3. The molecule has 2 aromatic heterocycles. The van der Waals surface area contributed by atoms with E-state index in [1.54, 1.807) is 28.9 Å². The summed E-state index contributed by atoms with van der Waals surface area (Å²) in [5.74, 6) is -0.224. The fraction of sp³-hybridized carbons (Fsp3) is 0.0952. The minimum absolute atomic E-state index is 0.224. The molecule has 0 bridgehead atoms. The van der Waals surface area contributed by atoms with E-state index in [1.165, 1.54) is 0 Å². The normalized spacial score (nSPS) is 10.9. The van der Waals surface area contributed by atoms with E-state index in [4.69, 9.17) is 16.6 Å². The summed E-state index contributed by atoms with van der Waals surface area (Å²) in [5, 5.41) is 8.67. The molecule has 5 nitrogen and oxygen atoms in total. The van der Waals surface area contributed by atoms with Crippen LogP contribution in [0.4, 0.5) is 5.69 Å². The molecule has 1 amide bonds. The lowest BCUT2D eigenvalue weighted by molar-refractivity contribution is 0.102. The molecule has 0 aliphatic rings. The summed E-state index contributed by atoms with van der Waals surface area (Å²) in [5.41, 5.74) is 4.27. The maximum atomic E-state index is 13.1. The second-order valence-corrected chi connectivity index (χ2v) is 6.73. The minimum atomic E-state index is -0.224. The number of amides is 1. The van der Waals surface area contributed by atoms with Crippen LogP contribution in [0.25, 0.3) is 22.3 Å². The first kappa shape index (κ1) is 17.2. The Bertz CT molecular complexity index is 1150. The number of carbonyl (C=O) groups is 1. The monoisotopic (exact) mass is 376 g/mol. The Morgan fingerprint density at radius 2 is 1.85 bits per heavy atom. The van der Waals surface area contributed by atoms with Crippen LogP contribution in [0, 0.1) is 6.92 Å². The lowest BCUT2D eigenvalue weighted by Gasteiger charge is -2.10. The summed E-state index contributed by atoms with van der Waals surface area (Å²) in [4.78, 5) is 17.8. The standard InChI is InChI=1S/C21H17ClN4O/c1-13-19-17(21(27)23-16-10-6-9-15(22)11-16)12-18(14-7-4-3-5-8-14)24-20(19)26(2)25-13/h3-12H,1-2H3,(H,23,27). The van der Waals surface area contributed by atoms with Crippen LogP contribution in [0.15, 0.2) is 60.7 Å². The summed E-state index contributed by atoms with van der Waals surface area (Å²) >= 11 is 6.03. The van der Waals surface area contributed by atoms with Crippen LogP contribution >= 0.6 is 11.6 Å². The Kier molecular flexibility index (Phi) is 4.38. The number of benzene rings is 2. The predicted molar refractivity (Wildman–Crippen MR) is 108 cm³/mol. The highest BCUT2D eigenvalue weighted by molar-refractivity contribution is 6.31. The first-order valence-corrected chi connectivity index (χ1v) is 8.87. The van der Waals surface area contributed by atoms with Gasteiger partial charge in [0, 0.05) is 23.3 Å². The number of aromatic nitrogens is 3. The number of halogens is 1. The molecule has 2 heterocycles. The van der Waals surface area contributed by atoms with Crippen molar-refractivity contribution in [2.75, 3.05) is 5.32 Å². The summed E-state index contributed by atoms with van der Waals surface area (Å²) < 4.78 is 1.70. The van der Waals surface area contributed by atoms with E-state index in [2.05, 4.69) is 10.4 Å². The van der Waals surface area contributed by atoms with Crippen molar-refractivity contribution >= 4 is 34.2 Å². The van der Waals surface area contributed by atoms with Crippen LogP contribution in [-0.4, -0.2) is 20.7 Å². The highest BCUT2D eigenvalue weighted by Crippen LogP contribution is 2.27. The van der Waals surface area contributed by atoms with Crippen molar-refractivity contribution in [3.63, 3.8) is 0 Å². The molecule has 2 aromatic carbocycles. The molecule has 0 atom stereocenters. The molecular weight excluding hydrogens is 360 g/mol. The SMILES string of the molecule is Cc1nn(C)c2nc(-c3ccccc3)cc(C(=O)Nc3cccc(Cl)c3)c12. The van der Waals surface area contributed by atoms with E-state index < -0.39 is 0 Å². The van der Waals surface area contributed by atoms with Crippen molar-refractivity contribution in [3.05, 3.63) is 76.9 Å². The van der Waals surface area contributed by atoms with Gasteiger partial charge in [0.15, 0.2) is 5.65 Å². The van der Waals surface area contributed by atoms with Gasteiger partial charge in [-0.05, 0) is 31.2 Å². The lowest BCUT2D eigenvalue weighted by Crippen LogP contribution is -2.13. The number of anilines is 1. The molecule has 4 aromatic rings. The van der Waals surface area contributed by atoms with Crippen LogP contribution in [0.2, 0.25) is 5.02 Å². The zero-order valence-corrected chi connectivity index (χ0v) is 15.7. The Morgan fingerprint density at radius 1 is 1.07 bits per heavy atom. The summed E-state index contributed by atoms with van der Waals surface area (Å²) in [7, 11) is 1.83. The number of hydrogen-bond donors (Lipinski definition) is 1. The highest BCUT2D eigenvalue weighted by atomic mass is 35.5. The van der Waals surface area contributed by atoms with Gasteiger partial charge in [0.1, 0.15) is 0 Å². The van der Waals surface area contributed by atoms with Crippen LogP contribution in [0.3, 0.4) is 0 Å². The second-order valence-electron chi connectivity index (χ2n) is 6.29. The van der Waals surface area contributed by atoms with Gasteiger partial charge in [-0.15, -0.1) is 0 Å². The number of fused-ring (bicyclic) bond motifs is 1. The van der Waals surface area contributed by atoms with Gasteiger partial charge in [-0.25, -0.2) is 4.98 Å². The van der Waals surface area contributed by atoms with Crippen LogP contribution in [0.5, 0.6) is 0 Å². The summed E-state index contributed by atoms with van der Waals surface area (Å²) in [6, 6.07) is 18.7. The van der Waals surface area contributed by atoms with Gasteiger partial charge < -0.3 is 5.32 Å². The third-order valence-corrected chi connectivity index (χ3v) is 4.60. The van der Waals surface area contributed by atoms with Crippen molar-refractivity contribution in [2.24, 2.45) is 7.05 Å². The fourth-order valence-electron chi connectivity index (χ4n) is 3.15. The van der Waals surface area contributed by atoms with E-state index in [0.717, 1.165) is 22.3 Å². The summed E-state index contributed by atoms with van der Waals surface area (Å²) in [6.07, 6.45) is 0. The third kappa shape index (κ3) is 3.29. The molecular formula is C21H17ClN4O. The fourth-order valence-corrected chi connectivity index (χ4v) is 3.34. The Morgan fingerprint density at radius 3 is 2.59 bits per heavy atom. The average Bonchev–Trinajstić information content (AvgIpc) is 2.96. The van der Waals surface area contributed by atoms with Crippen molar-refractivity contribution in [2.45, 2.75) is 6.92 Å². The molecule has 0 spiro atoms. The third-order valence-electron chi connectivity index (χ3n) is 4.37. The quantitative estimate of drug-likeness (QED) is 0.556. The molecule has 0 radical (unpaired) electrons. The van der Waals surface area contributed by atoms with Crippen molar-refractivity contribution in [3.8, 4) is 11.3 Å². The van der Waals surface area contributed by atoms with Gasteiger partial charge in [-0.3, -0.25) is 9.48 Å². The zero-order chi connectivity index (χ0) is 19.0. The van der Waals surface area contributed by atoms with Gasteiger partial charge in [-0.1, -0.05) is 48.0 Å². The number of rotatable bonds is 3. The van der Waals surface area contributed by atoms with Gasteiger partial charge in [0.2, 0.25) is 0 Å². The van der Waals surface area contributed by atoms with Gasteiger partial charge in [-0.2, -0.15) is 5.10 Å². The molecule has 134 valence electrons. The number of carbonyl (C=O) groups excluding carboxylic acids is 1. The van der Waals surface area contributed by atoms with Crippen LogP contribution in [-0.2, 0) is 7.05 Å². The molecule has 0 saturated carbocycles. The molecule has 0 fully saturated rings.